The van der Waals surface area contributed by atoms with Crippen LogP contribution in [0.2, 0.25) is 0 Å². The SMILES string of the molecule is COc1cccc([C@@H](C)NC(C)c2nccs2)c1. The lowest BCUT2D eigenvalue weighted by atomic mass is 10.1. The van der Waals surface area contributed by atoms with Gasteiger partial charge in [-0.15, -0.1) is 11.3 Å². The molecule has 1 heterocycles. The highest BCUT2D eigenvalue weighted by Gasteiger charge is 2.13. The molecule has 1 aromatic carbocycles. The zero-order valence-electron chi connectivity index (χ0n) is 10.9. The van der Waals surface area contributed by atoms with Crippen molar-refractivity contribution in [2.75, 3.05) is 7.11 Å². The number of hydrogen-bond acceptors (Lipinski definition) is 4. The predicted octanol–water partition coefficient (Wildman–Crippen LogP) is 3.56. The second-order valence-corrected chi connectivity index (χ2v) is 5.18. The van der Waals surface area contributed by atoms with Crippen LogP contribution >= 0.6 is 11.3 Å². The molecule has 0 amide bonds. The molecule has 96 valence electrons. The van der Waals surface area contributed by atoms with E-state index in [-0.39, 0.29) is 12.1 Å². The third kappa shape index (κ3) is 3.09. The molecule has 18 heavy (non-hydrogen) atoms. The fourth-order valence-corrected chi connectivity index (χ4v) is 2.56. The van der Waals surface area contributed by atoms with Crippen molar-refractivity contribution in [1.29, 1.82) is 0 Å². The van der Waals surface area contributed by atoms with Gasteiger partial charge in [-0.2, -0.15) is 0 Å². The molecule has 0 saturated carbocycles. The number of thiazole rings is 1. The monoisotopic (exact) mass is 262 g/mol. The Morgan fingerprint density at radius 2 is 2.11 bits per heavy atom. The lowest BCUT2D eigenvalue weighted by Gasteiger charge is -2.19. The van der Waals surface area contributed by atoms with Gasteiger partial charge >= 0.3 is 0 Å². The van der Waals surface area contributed by atoms with Crippen LogP contribution in [0.25, 0.3) is 0 Å². The van der Waals surface area contributed by atoms with Gasteiger partial charge in [-0.3, -0.25) is 0 Å². The van der Waals surface area contributed by atoms with E-state index in [0.29, 0.717) is 0 Å². The first kappa shape index (κ1) is 13.1. The van der Waals surface area contributed by atoms with Crippen molar-refractivity contribution < 1.29 is 4.74 Å². The quantitative estimate of drug-likeness (QED) is 0.894. The van der Waals surface area contributed by atoms with Crippen LogP contribution in [-0.2, 0) is 0 Å². The zero-order chi connectivity index (χ0) is 13.0. The van der Waals surface area contributed by atoms with Crippen LogP contribution in [0, 0.1) is 0 Å². The van der Waals surface area contributed by atoms with E-state index in [1.807, 2.05) is 23.7 Å². The Labute approximate surface area is 112 Å². The minimum Gasteiger partial charge on any atom is -0.497 e. The van der Waals surface area contributed by atoms with E-state index >= 15 is 0 Å². The predicted molar refractivity (Wildman–Crippen MR) is 75.1 cm³/mol. The summed E-state index contributed by atoms with van der Waals surface area (Å²) in [5.41, 5.74) is 1.22. The summed E-state index contributed by atoms with van der Waals surface area (Å²) in [7, 11) is 1.69. The van der Waals surface area contributed by atoms with Gasteiger partial charge in [0.1, 0.15) is 10.8 Å². The highest BCUT2D eigenvalue weighted by molar-refractivity contribution is 7.09. The van der Waals surface area contributed by atoms with Gasteiger partial charge in [0.25, 0.3) is 0 Å². The smallest absolute Gasteiger partial charge is 0.119 e. The zero-order valence-corrected chi connectivity index (χ0v) is 11.7. The number of ether oxygens (including phenoxy) is 1. The molecule has 0 aliphatic rings. The van der Waals surface area contributed by atoms with Crippen molar-refractivity contribution in [2.45, 2.75) is 25.9 Å². The molecule has 2 rings (SSSR count). The maximum Gasteiger partial charge on any atom is 0.119 e. The van der Waals surface area contributed by atoms with Crippen LogP contribution in [0.15, 0.2) is 35.8 Å². The fraction of sp³-hybridized carbons (Fsp3) is 0.357. The van der Waals surface area contributed by atoms with E-state index in [4.69, 9.17) is 4.74 Å². The Bertz CT molecular complexity index is 484. The van der Waals surface area contributed by atoms with Gasteiger partial charge in [-0.05, 0) is 31.5 Å². The van der Waals surface area contributed by atoms with Crippen LogP contribution < -0.4 is 10.1 Å². The summed E-state index contributed by atoms with van der Waals surface area (Å²) in [4.78, 5) is 4.33. The van der Waals surface area contributed by atoms with Crippen molar-refractivity contribution in [2.24, 2.45) is 0 Å². The van der Waals surface area contributed by atoms with E-state index in [2.05, 4.69) is 36.3 Å². The number of rotatable bonds is 5. The molecule has 1 N–H and O–H groups in total. The topological polar surface area (TPSA) is 34.1 Å². The Morgan fingerprint density at radius 1 is 1.28 bits per heavy atom. The minimum absolute atomic E-state index is 0.256. The van der Waals surface area contributed by atoms with Crippen LogP contribution in [0.1, 0.15) is 36.5 Å². The summed E-state index contributed by atoms with van der Waals surface area (Å²) in [6, 6.07) is 8.66. The summed E-state index contributed by atoms with van der Waals surface area (Å²) in [6.45, 7) is 4.29. The number of methoxy groups -OCH3 is 1. The lowest BCUT2D eigenvalue weighted by Crippen LogP contribution is -2.22. The Morgan fingerprint density at radius 3 is 2.78 bits per heavy atom. The molecule has 0 radical (unpaired) electrons. The molecule has 0 saturated heterocycles. The molecule has 0 aliphatic carbocycles. The summed E-state index contributed by atoms with van der Waals surface area (Å²) in [5, 5.41) is 6.66. The van der Waals surface area contributed by atoms with E-state index in [9.17, 15) is 0 Å². The maximum atomic E-state index is 5.24. The fourth-order valence-electron chi connectivity index (χ4n) is 1.90. The number of hydrogen-bond donors (Lipinski definition) is 1. The van der Waals surface area contributed by atoms with Gasteiger partial charge in [-0.1, -0.05) is 12.1 Å². The van der Waals surface area contributed by atoms with E-state index in [1.165, 1.54) is 5.56 Å². The first-order valence-corrected chi connectivity index (χ1v) is 6.88. The average Bonchev–Trinajstić information content (AvgIpc) is 2.92. The molecule has 0 bridgehead atoms. The summed E-state index contributed by atoms with van der Waals surface area (Å²) < 4.78 is 5.24. The first-order valence-electron chi connectivity index (χ1n) is 6.00. The largest absolute Gasteiger partial charge is 0.497 e. The standard InChI is InChI=1S/C14H18N2OS/c1-10(12-5-4-6-13(9-12)17-3)16-11(2)14-15-7-8-18-14/h4-11,16H,1-3H3/t10-,11?/m1/s1. The van der Waals surface area contributed by atoms with Gasteiger partial charge < -0.3 is 10.1 Å². The number of nitrogens with one attached hydrogen (secondary N) is 1. The molecule has 0 fully saturated rings. The summed E-state index contributed by atoms with van der Waals surface area (Å²) in [6.07, 6.45) is 1.84. The van der Waals surface area contributed by atoms with Crippen molar-refractivity contribution in [3.05, 3.63) is 46.4 Å². The van der Waals surface area contributed by atoms with Crippen molar-refractivity contribution in [1.82, 2.24) is 10.3 Å². The van der Waals surface area contributed by atoms with E-state index in [0.717, 1.165) is 10.8 Å². The Hall–Kier alpha value is -1.39. The third-order valence-electron chi connectivity index (χ3n) is 2.92. The molecular weight excluding hydrogens is 244 g/mol. The first-order chi connectivity index (χ1) is 8.70. The van der Waals surface area contributed by atoms with Gasteiger partial charge in [0, 0.05) is 17.6 Å². The third-order valence-corrected chi connectivity index (χ3v) is 3.87. The molecule has 2 aromatic rings. The molecular formula is C14H18N2OS. The second-order valence-electron chi connectivity index (χ2n) is 4.26. The lowest BCUT2D eigenvalue weighted by molar-refractivity contribution is 0.412. The molecule has 3 nitrogen and oxygen atoms in total. The second kappa shape index (κ2) is 5.98. The number of nitrogens with zero attached hydrogens (tertiary/aromatic N) is 1. The highest BCUT2D eigenvalue weighted by Crippen LogP contribution is 2.23. The molecule has 1 aromatic heterocycles. The normalized spacial score (nSPS) is 14.2. The summed E-state index contributed by atoms with van der Waals surface area (Å²) in [5.74, 6) is 0.892. The van der Waals surface area contributed by atoms with Gasteiger partial charge in [0.05, 0.1) is 13.2 Å². The van der Waals surface area contributed by atoms with Gasteiger partial charge in [0.15, 0.2) is 0 Å². The average molecular weight is 262 g/mol. The van der Waals surface area contributed by atoms with Crippen LogP contribution in [0.4, 0.5) is 0 Å². The van der Waals surface area contributed by atoms with E-state index in [1.54, 1.807) is 18.4 Å². The molecule has 4 heteroatoms. The molecule has 1 unspecified atom stereocenters. The Kier molecular flexibility index (Phi) is 4.33. The van der Waals surface area contributed by atoms with Gasteiger partial charge in [-0.25, -0.2) is 4.98 Å². The van der Waals surface area contributed by atoms with Crippen molar-refractivity contribution in [3.63, 3.8) is 0 Å². The van der Waals surface area contributed by atoms with Crippen LogP contribution in [0.5, 0.6) is 5.75 Å². The van der Waals surface area contributed by atoms with Crippen molar-refractivity contribution >= 4 is 11.3 Å². The molecule has 2 atom stereocenters. The maximum absolute atomic E-state index is 5.24. The van der Waals surface area contributed by atoms with Gasteiger partial charge in [0.2, 0.25) is 0 Å². The summed E-state index contributed by atoms with van der Waals surface area (Å²) >= 11 is 1.68. The number of aromatic nitrogens is 1. The molecule has 0 spiro atoms. The van der Waals surface area contributed by atoms with Crippen molar-refractivity contribution in [3.8, 4) is 5.75 Å². The minimum atomic E-state index is 0.256. The highest BCUT2D eigenvalue weighted by atomic mass is 32.1. The van der Waals surface area contributed by atoms with Crippen LogP contribution in [0.3, 0.4) is 0 Å². The Balaban J connectivity index is 2.04. The van der Waals surface area contributed by atoms with Crippen LogP contribution in [-0.4, -0.2) is 12.1 Å². The number of benzene rings is 1. The van der Waals surface area contributed by atoms with E-state index < -0.39 is 0 Å². The molecule has 0 aliphatic heterocycles.